The highest BCUT2D eigenvalue weighted by Gasteiger charge is 2.13. The highest BCUT2D eigenvalue weighted by Crippen LogP contribution is 2.24. The molecule has 4 aromatic rings. The van der Waals surface area contributed by atoms with E-state index in [0.29, 0.717) is 28.6 Å². The molecule has 0 unspecified atom stereocenters. The third-order valence-corrected chi connectivity index (χ3v) is 4.19. The first-order valence-corrected chi connectivity index (χ1v) is 8.42. The minimum atomic E-state index is -0.946. The second kappa shape index (κ2) is 6.95. The minimum Gasteiger partial charge on any atom is -0.487 e. The van der Waals surface area contributed by atoms with Crippen molar-refractivity contribution in [2.75, 3.05) is 0 Å². The molecule has 0 aliphatic carbocycles. The van der Waals surface area contributed by atoms with Crippen LogP contribution in [0.25, 0.3) is 22.4 Å². The predicted molar refractivity (Wildman–Crippen MR) is 98.4 cm³/mol. The van der Waals surface area contributed by atoms with Gasteiger partial charge in [0.1, 0.15) is 30.4 Å². The topological polar surface area (TPSA) is 90.4 Å². The molecule has 0 radical (unpaired) electrons. The van der Waals surface area contributed by atoms with Crippen molar-refractivity contribution in [1.29, 1.82) is 0 Å². The van der Waals surface area contributed by atoms with Gasteiger partial charge < -0.3 is 14.3 Å². The van der Waals surface area contributed by atoms with Gasteiger partial charge in [0, 0.05) is 17.0 Å². The van der Waals surface area contributed by atoms with Gasteiger partial charge in [-0.15, -0.1) is 0 Å². The summed E-state index contributed by atoms with van der Waals surface area (Å²) in [6, 6.07) is 15.1. The maximum absolute atomic E-state index is 11.0. The van der Waals surface area contributed by atoms with Crippen LogP contribution in [0.3, 0.4) is 0 Å². The zero-order valence-electron chi connectivity index (χ0n) is 14.6. The van der Waals surface area contributed by atoms with Crippen LogP contribution in [0.2, 0.25) is 0 Å². The molecule has 0 spiro atoms. The fourth-order valence-electron chi connectivity index (χ4n) is 2.81. The smallest absolute Gasteiger partial charge is 0.325 e. The van der Waals surface area contributed by atoms with Crippen LogP contribution in [0.4, 0.5) is 0 Å². The Balaban J connectivity index is 1.53. The number of benzene rings is 2. The van der Waals surface area contributed by atoms with E-state index in [9.17, 15) is 4.79 Å². The lowest BCUT2D eigenvalue weighted by atomic mass is 10.2. The van der Waals surface area contributed by atoms with Gasteiger partial charge in [-0.1, -0.05) is 18.2 Å². The lowest BCUT2D eigenvalue weighted by molar-refractivity contribution is -0.137. The Labute approximate surface area is 154 Å². The van der Waals surface area contributed by atoms with E-state index >= 15 is 0 Å². The highest BCUT2D eigenvalue weighted by molar-refractivity contribution is 5.81. The zero-order valence-corrected chi connectivity index (χ0v) is 14.6. The average molecular weight is 363 g/mol. The first kappa shape index (κ1) is 16.8. The SMILES string of the molecule is Cc1oc(-c2ccccc2)nc1COc1ccc2cnn(CC(=O)O)c2c1. The lowest BCUT2D eigenvalue weighted by Crippen LogP contribution is -2.09. The van der Waals surface area contributed by atoms with Gasteiger partial charge in [0.25, 0.3) is 0 Å². The predicted octanol–water partition coefficient (Wildman–Crippen LogP) is 3.66. The molecule has 7 nitrogen and oxygen atoms in total. The minimum absolute atomic E-state index is 0.199. The number of aromatic nitrogens is 3. The van der Waals surface area contributed by atoms with E-state index in [-0.39, 0.29) is 13.2 Å². The van der Waals surface area contributed by atoms with Crippen molar-refractivity contribution < 1.29 is 19.1 Å². The summed E-state index contributed by atoms with van der Waals surface area (Å²) < 4.78 is 13.0. The van der Waals surface area contributed by atoms with Crippen molar-refractivity contribution in [3.05, 3.63) is 66.2 Å². The number of hydrogen-bond donors (Lipinski definition) is 1. The van der Waals surface area contributed by atoms with E-state index in [4.69, 9.17) is 14.3 Å². The summed E-state index contributed by atoms with van der Waals surface area (Å²) in [5.41, 5.74) is 2.33. The number of ether oxygens (including phenoxy) is 1. The maximum atomic E-state index is 11.0. The average Bonchev–Trinajstić information content (AvgIpc) is 3.24. The summed E-state index contributed by atoms with van der Waals surface area (Å²) in [5, 5.41) is 13.9. The molecule has 0 amide bonds. The Bertz CT molecular complexity index is 1100. The van der Waals surface area contributed by atoms with Gasteiger partial charge in [0.05, 0.1) is 11.7 Å². The van der Waals surface area contributed by atoms with E-state index < -0.39 is 5.97 Å². The summed E-state index contributed by atoms with van der Waals surface area (Å²) in [7, 11) is 0. The molecule has 7 heteroatoms. The summed E-state index contributed by atoms with van der Waals surface area (Å²) in [4.78, 5) is 15.5. The maximum Gasteiger partial charge on any atom is 0.325 e. The molecule has 0 bridgehead atoms. The third kappa shape index (κ3) is 3.52. The van der Waals surface area contributed by atoms with Crippen LogP contribution < -0.4 is 4.74 Å². The van der Waals surface area contributed by atoms with Crippen molar-refractivity contribution in [2.24, 2.45) is 0 Å². The molecule has 136 valence electrons. The molecule has 27 heavy (non-hydrogen) atoms. The quantitative estimate of drug-likeness (QED) is 0.562. The monoisotopic (exact) mass is 363 g/mol. The summed E-state index contributed by atoms with van der Waals surface area (Å²) in [6.45, 7) is 1.90. The van der Waals surface area contributed by atoms with Crippen LogP contribution in [0.15, 0.2) is 59.1 Å². The third-order valence-electron chi connectivity index (χ3n) is 4.19. The van der Waals surface area contributed by atoms with Crippen molar-refractivity contribution in [3.8, 4) is 17.2 Å². The number of aryl methyl sites for hydroxylation is 1. The van der Waals surface area contributed by atoms with Crippen molar-refractivity contribution in [2.45, 2.75) is 20.1 Å². The number of carbonyl (C=O) groups is 1. The van der Waals surface area contributed by atoms with Crippen LogP contribution in [-0.4, -0.2) is 25.8 Å². The van der Waals surface area contributed by atoms with Gasteiger partial charge in [0.15, 0.2) is 0 Å². The highest BCUT2D eigenvalue weighted by atomic mass is 16.5. The summed E-state index contributed by atoms with van der Waals surface area (Å²) >= 11 is 0. The molecule has 2 heterocycles. The van der Waals surface area contributed by atoms with E-state index in [0.717, 1.165) is 10.9 Å². The van der Waals surface area contributed by atoms with E-state index in [2.05, 4.69) is 10.1 Å². The van der Waals surface area contributed by atoms with Crippen LogP contribution in [0.1, 0.15) is 11.5 Å². The lowest BCUT2D eigenvalue weighted by Gasteiger charge is -2.06. The second-order valence-corrected chi connectivity index (χ2v) is 6.09. The molecule has 1 N–H and O–H groups in total. The number of oxazole rings is 1. The molecular formula is C20H17N3O4. The molecule has 0 fully saturated rings. The number of carboxylic acids is 1. The first-order chi connectivity index (χ1) is 13.1. The number of rotatable bonds is 6. The molecule has 2 aromatic heterocycles. The Hall–Kier alpha value is -3.61. The largest absolute Gasteiger partial charge is 0.487 e. The van der Waals surface area contributed by atoms with E-state index in [1.54, 1.807) is 12.3 Å². The van der Waals surface area contributed by atoms with Crippen molar-refractivity contribution in [1.82, 2.24) is 14.8 Å². The summed E-state index contributed by atoms with van der Waals surface area (Å²) in [6.07, 6.45) is 1.63. The number of aliphatic carboxylic acids is 1. The standard InChI is InChI=1S/C20H17N3O4/c1-13-17(22-20(27-13)14-5-3-2-4-6-14)12-26-16-8-7-15-10-21-23(11-19(24)25)18(15)9-16/h2-10H,11-12H2,1H3,(H,24,25). The fourth-order valence-corrected chi connectivity index (χ4v) is 2.81. The summed E-state index contributed by atoms with van der Waals surface area (Å²) in [5.74, 6) is 0.920. The molecule has 0 saturated heterocycles. The second-order valence-electron chi connectivity index (χ2n) is 6.09. The van der Waals surface area contributed by atoms with Crippen LogP contribution in [0.5, 0.6) is 5.75 Å². The van der Waals surface area contributed by atoms with Gasteiger partial charge in [-0.25, -0.2) is 4.98 Å². The molecular weight excluding hydrogens is 346 g/mol. The Morgan fingerprint density at radius 1 is 1.22 bits per heavy atom. The number of fused-ring (bicyclic) bond motifs is 1. The van der Waals surface area contributed by atoms with Crippen LogP contribution in [-0.2, 0) is 17.9 Å². The Morgan fingerprint density at radius 2 is 2.04 bits per heavy atom. The van der Waals surface area contributed by atoms with Crippen LogP contribution in [0, 0.1) is 6.92 Å². The Kier molecular flexibility index (Phi) is 4.33. The van der Waals surface area contributed by atoms with Crippen molar-refractivity contribution in [3.63, 3.8) is 0 Å². The number of carboxylic acid groups (broad SMARTS) is 1. The van der Waals surface area contributed by atoms with Gasteiger partial charge in [-0.2, -0.15) is 5.10 Å². The number of nitrogens with zero attached hydrogens (tertiary/aromatic N) is 3. The molecule has 2 aromatic carbocycles. The zero-order chi connectivity index (χ0) is 18.8. The van der Waals surface area contributed by atoms with E-state index in [1.165, 1.54) is 4.68 Å². The van der Waals surface area contributed by atoms with Crippen LogP contribution >= 0.6 is 0 Å². The molecule has 0 aliphatic heterocycles. The Morgan fingerprint density at radius 3 is 2.81 bits per heavy atom. The molecule has 0 aliphatic rings. The van der Waals surface area contributed by atoms with Gasteiger partial charge in [-0.05, 0) is 31.2 Å². The first-order valence-electron chi connectivity index (χ1n) is 8.42. The molecule has 0 saturated carbocycles. The molecule has 0 atom stereocenters. The molecule has 4 rings (SSSR count). The number of hydrogen-bond acceptors (Lipinski definition) is 5. The van der Waals surface area contributed by atoms with E-state index in [1.807, 2.05) is 49.4 Å². The fraction of sp³-hybridized carbons (Fsp3) is 0.150. The van der Waals surface area contributed by atoms with Gasteiger partial charge in [-0.3, -0.25) is 9.48 Å². The van der Waals surface area contributed by atoms with Gasteiger partial charge in [0.2, 0.25) is 5.89 Å². The normalized spacial score (nSPS) is 11.0. The van der Waals surface area contributed by atoms with Crippen molar-refractivity contribution >= 4 is 16.9 Å². The van der Waals surface area contributed by atoms with Gasteiger partial charge >= 0.3 is 5.97 Å².